The highest BCUT2D eigenvalue weighted by molar-refractivity contribution is 7.92. The number of anilines is 2. The molecule has 0 aromatic heterocycles. The van der Waals surface area contributed by atoms with E-state index in [1.165, 1.54) is 25.1 Å². The highest BCUT2D eigenvalue weighted by atomic mass is 35.5. The predicted octanol–water partition coefficient (Wildman–Crippen LogP) is 4.46. The molecule has 1 aliphatic heterocycles. The Balaban J connectivity index is 1.93. The summed E-state index contributed by atoms with van der Waals surface area (Å²) in [6, 6.07) is 7.09. The number of nitrogens with one attached hydrogen (secondary N) is 1. The van der Waals surface area contributed by atoms with Crippen molar-refractivity contribution in [3.8, 4) is 0 Å². The molecule has 0 saturated carbocycles. The first kappa shape index (κ1) is 20.5. The van der Waals surface area contributed by atoms with Gasteiger partial charge in [-0.05, 0) is 54.8 Å². The normalized spacial score (nSPS) is 14.5. The van der Waals surface area contributed by atoms with E-state index in [-0.39, 0.29) is 16.5 Å². The molecular weight excluding hydrogens is 417 g/mol. The van der Waals surface area contributed by atoms with Crippen LogP contribution < -0.4 is 9.62 Å². The molecule has 0 fully saturated rings. The third-order valence-corrected chi connectivity index (χ3v) is 6.09. The van der Waals surface area contributed by atoms with Gasteiger partial charge < -0.3 is 4.90 Å². The van der Waals surface area contributed by atoms with Gasteiger partial charge in [0.05, 0.1) is 15.5 Å². The van der Waals surface area contributed by atoms with E-state index < -0.39 is 26.8 Å². The summed E-state index contributed by atoms with van der Waals surface area (Å²) in [4.78, 5) is 13.2. The topological polar surface area (TPSA) is 66.5 Å². The molecule has 10 heteroatoms. The summed E-state index contributed by atoms with van der Waals surface area (Å²) in [5.41, 5.74) is -0.0447. The number of nitrogens with zero attached hydrogens (tertiary/aromatic N) is 1. The van der Waals surface area contributed by atoms with E-state index in [1.807, 2.05) is 0 Å². The molecule has 0 unspecified atom stereocenters. The first-order valence-corrected chi connectivity index (χ1v) is 10.2. The lowest BCUT2D eigenvalue weighted by Crippen LogP contribution is -2.33. The highest BCUT2D eigenvalue weighted by Crippen LogP contribution is 2.37. The van der Waals surface area contributed by atoms with Crippen molar-refractivity contribution in [3.63, 3.8) is 0 Å². The van der Waals surface area contributed by atoms with Crippen molar-refractivity contribution in [2.75, 3.05) is 16.2 Å². The number of hydrogen-bond acceptors (Lipinski definition) is 3. The molecule has 0 spiro atoms. The molecule has 1 aliphatic rings. The fourth-order valence-electron chi connectivity index (χ4n) is 3.09. The number of halogens is 4. The Kier molecular flexibility index (Phi) is 5.33. The van der Waals surface area contributed by atoms with E-state index in [1.54, 1.807) is 4.90 Å². The van der Waals surface area contributed by atoms with Crippen molar-refractivity contribution in [2.45, 2.75) is 30.8 Å². The molecular formula is C18H16ClF3N2O3S. The summed E-state index contributed by atoms with van der Waals surface area (Å²) < 4.78 is 66.4. The van der Waals surface area contributed by atoms with Gasteiger partial charge in [-0.1, -0.05) is 11.6 Å². The number of benzene rings is 2. The molecule has 1 N–H and O–H groups in total. The Morgan fingerprint density at radius 3 is 2.54 bits per heavy atom. The summed E-state index contributed by atoms with van der Waals surface area (Å²) in [7, 11) is -4.12. The Bertz CT molecular complexity index is 1040. The smallest absolute Gasteiger partial charge is 0.312 e. The molecule has 2 aromatic carbocycles. The molecule has 0 saturated heterocycles. The average molecular weight is 433 g/mol. The van der Waals surface area contributed by atoms with Gasteiger partial charge in [0.2, 0.25) is 5.91 Å². The van der Waals surface area contributed by atoms with Crippen LogP contribution in [0.3, 0.4) is 0 Å². The van der Waals surface area contributed by atoms with E-state index in [2.05, 4.69) is 4.72 Å². The summed E-state index contributed by atoms with van der Waals surface area (Å²) in [6.45, 7) is 1.98. The van der Waals surface area contributed by atoms with Gasteiger partial charge >= 0.3 is 6.18 Å². The van der Waals surface area contributed by atoms with E-state index >= 15 is 0 Å². The van der Waals surface area contributed by atoms with Crippen LogP contribution in [0.25, 0.3) is 0 Å². The maximum absolute atomic E-state index is 13.0. The Hall–Kier alpha value is -2.26. The fourth-order valence-corrected chi connectivity index (χ4v) is 4.41. The number of sulfonamides is 1. The third-order valence-electron chi connectivity index (χ3n) is 4.38. The fraction of sp³-hybridized carbons (Fsp3) is 0.278. The largest absolute Gasteiger partial charge is 0.417 e. The van der Waals surface area contributed by atoms with Gasteiger partial charge in [-0.2, -0.15) is 13.2 Å². The van der Waals surface area contributed by atoms with Crippen LogP contribution in [-0.4, -0.2) is 20.9 Å². The molecule has 150 valence electrons. The molecule has 0 aliphatic carbocycles. The van der Waals surface area contributed by atoms with Crippen LogP contribution in [0.15, 0.2) is 41.3 Å². The van der Waals surface area contributed by atoms with E-state index in [0.717, 1.165) is 12.1 Å². The number of rotatable bonds is 3. The summed E-state index contributed by atoms with van der Waals surface area (Å²) in [5.74, 6) is -0.143. The first-order chi connectivity index (χ1) is 13.0. The molecule has 0 radical (unpaired) electrons. The van der Waals surface area contributed by atoms with Crippen LogP contribution in [0.5, 0.6) is 0 Å². The Morgan fingerprint density at radius 1 is 1.18 bits per heavy atom. The van der Waals surface area contributed by atoms with Gasteiger partial charge in [0.1, 0.15) is 0 Å². The van der Waals surface area contributed by atoms with Crippen molar-refractivity contribution in [1.29, 1.82) is 0 Å². The van der Waals surface area contributed by atoms with Crippen LogP contribution in [0.2, 0.25) is 5.02 Å². The number of carbonyl (C=O) groups is 1. The third kappa shape index (κ3) is 4.10. The van der Waals surface area contributed by atoms with Crippen molar-refractivity contribution < 1.29 is 26.4 Å². The van der Waals surface area contributed by atoms with Gasteiger partial charge in [-0.15, -0.1) is 0 Å². The maximum atomic E-state index is 13.0. The molecule has 5 nitrogen and oxygen atoms in total. The number of hydrogen-bond donors (Lipinski definition) is 1. The molecule has 3 rings (SSSR count). The molecule has 1 amide bonds. The summed E-state index contributed by atoms with van der Waals surface area (Å²) >= 11 is 5.56. The summed E-state index contributed by atoms with van der Waals surface area (Å²) in [6.07, 6.45) is -3.42. The molecule has 2 aromatic rings. The Labute approximate surface area is 165 Å². The van der Waals surface area contributed by atoms with E-state index in [9.17, 15) is 26.4 Å². The van der Waals surface area contributed by atoms with Crippen molar-refractivity contribution >= 4 is 38.9 Å². The van der Waals surface area contributed by atoms with Crippen LogP contribution in [0.4, 0.5) is 24.5 Å². The zero-order valence-electron chi connectivity index (χ0n) is 14.7. The lowest BCUT2D eigenvalue weighted by Gasteiger charge is -2.28. The predicted molar refractivity (Wildman–Crippen MR) is 100 cm³/mol. The number of fused-ring (bicyclic) bond motifs is 1. The second-order valence-electron chi connectivity index (χ2n) is 6.36. The lowest BCUT2D eigenvalue weighted by atomic mass is 10.0. The maximum Gasteiger partial charge on any atom is 0.417 e. The number of aryl methyl sites for hydroxylation is 1. The van der Waals surface area contributed by atoms with Crippen LogP contribution in [0, 0.1) is 0 Å². The second kappa shape index (κ2) is 7.29. The zero-order valence-corrected chi connectivity index (χ0v) is 16.2. The molecule has 1 heterocycles. The minimum atomic E-state index is -4.71. The first-order valence-electron chi connectivity index (χ1n) is 8.29. The zero-order chi connectivity index (χ0) is 20.7. The molecule has 28 heavy (non-hydrogen) atoms. The van der Waals surface area contributed by atoms with Crippen molar-refractivity contribution in [2.24, 2.45) is 0 Å². The quantitative estimate of drug-likeness (QED) is 0.778. The van der Waals surface area contributed by atoms with Crippen molar-refractivity contribution in [1.82, 2.24) is 0 Å². The van der Waals surface area contributed by atoms with Gasteiger partial charge in [-0.25, -0.2) is 8.42 Å². The van der Waals surface area contributed by atoms with Gasteiger partial charge in [0.25, 0.3) is 10.0 Å². The number of carbonyl (C=O) groups excluding carboxylic acids is 1. The highest BCUT2D eigenvalue weighted by Gasteiger charge is 2.33. The number of amides is 1. The minimum absolute atomic E-state index is 0.0971. The minimum Gasteiger partial charge on any atom is -0.312 e. The van der Waals surface area contributed by atoms with Crippen molar-refractivity contribution in [3.05, 3.63) is 52.5 Å². The van der Waals surface area contributed by atoms with Gasteiger partial charge in [-0.3, -0.25) is 9.52 Å². The van der Waals surface area contributed by atoms with Crippen LogP contribution in [0.1, 0.15) is 24.5 Å². The van der Waals surface area contributed by atoms with E-state index in [4.69, 9.17) is 11.6 Å². The monoisotopic (exact) mass is 432 g/mol. The molecule has 0 atom stereocenters. The average Bonchev–Trinajstić information content (AvgIpc) is 2.61. The van der Waals surface area contributed by atoms with Gasteiger partial charge in [0.15, 0.2) is 0 Å². The van der Waals surface area contributed by atoms with Crippen LogP contribution >= 0.6 is 11.6 Å². The van der Waals surface area contributed by atoms with E-state index in [0.29, 0.717) is 36.7 Å². The standard InChI is InChI=1S/C18H16ClF3N2O3S/c1-11(25)24-8-2-3-12-9-14(5-7-17(12)24)28(26,27)23-13-4-6-16(19)15(10-13)18(20,21)22/h4-7,9-10,23H,2-3,8H2,1H3. The van der Waals surface area contributed by atoms with Gasteiger partial charge in [0, 0.05) is 24.8 Å². The Morgan fingerprint density at radius 2 is 1.89 bits per heavy atom. The lowest BCUT2D eigenvalue weighted by molar-refractivity contribution is -0.137. The molecule has 0 bridgehead atoms. The summed E-state index contributed by atoms with van der Waals surface area (Å²) in [5, 5.41) is -0.520. The second-order valence-corrected chi connectivity index (χ2v) is 8.45. The number of alkyl halides is 3. The van der Waals surface area contributed by atoms with Crippen LogP contribution in [-0.2, 0) is 27.4 Å². The SMILES string of the molecule is CC(=O)N1CCCc2cc(S(=O)(=O)Nc3ccc(Cl)c(C(F)(F)F)c3)ccc21.